The lowest BCUT2D eigenvalue weighted by Crippen LogP contribution is -2.35. The van der Waals surface area contributed by atoms with Gasteiger partial charge in [0.1, 0.15) is 23.2 Å². The van der Waals surface area contributed by atoms with Gasteiger partial charge in [-0.2, -0.15) is 15.1 Å². The Balaban J connectivity index is 1.47. The van der Waals surface area contributed by atoms with Gasteiger partial charge in [-0.15, -0.1) is 0 Å². The Morgan fingerprint density at radius 2 is 1.87 bits per heavy atom. The molecule has 4 rings (SSSR count). The monoisotopic (exact) mass is 422 g/mol. The number of hydrogen-bond donors (Lipinski definition) is 1. The number of nitrogens with one attached hydrogen (secondary N) is 1. The highest BCUT2D eigenvalue weighted by Crippen LogP contribution is 2.30. The average molecular weight is 422 g/mol. The minimum atomic E-state index is -0.449. The minimum absolute atomic E-state index is 0.0183. The van der Waals surface area contributed by atoms with Gasteiger partial charge in [0.05, 0.1) is 5.57 Å². The number of thioether (sulfide) groups is 1. The van der Waals surface area contributed by atoms with Crippen LogP contribution in [0.15, 0.2) is 64.2 Å². The molecule has 0 bridgehead atoms. The molecule has 8 heteroatoms. The number of rotatable bonds is 5. The van der Waals surface area contributed by atoms with E-state index in [1.54, 1.807) is 42.5 Å². The van der Waals surface area contributed by atoms with Gasteiger partial charge in [-0.3, -0.25) is 10.2 Å². The number of amides is 1. The van der Waals surface area contributed by atoms with Crippen molar-refractivity contribution in [2.45, 2.75) is 20.5 Å². The molecular weight excluding hydrogens is 403 g/mol. The van der Waals surface area contributed by atoms with Gasteiger partial charge in [-0.1, -0.05) is 38.1 Å². The second kappa shape index (κ2) is 8.23. The zero-order valence-corrected chi connectivity index (χ0v) is 17.2. The fourth-order valence-corrected chi connectivity index (χ4v) is 3.71. The maximum atomic E-state index is 13.0. The molecule has 6 nitrogen and oxygen atoms in total. The summed E-state index contributed by atoms with van der Waals surface area (Å²) in [4.78, 5) is 16.5. The summed E-state index contributed by atoms with van der Waals surface area (Å²) in [7, 11) is 0. The molecule has 2 aliphatic rings. The zero-order valence-electron chi connectivity index (χ0n) is 16.4. The average Bonchev–Trinajstić information content (AvgIpc) is 3.16. The molecule has 0 saturated heterocycles. The van der Waals surface area contributed by atoms with Crippen molar-refractivity contribution in [2.75, 3.05) is 0 Å². The summed E-state index contributed by atoms with van der Waals surface area (Å²) in [6, 6.07) is 13.3. The molecule has 0 unspecified atom stereocenters. The highest BCUT2D eigenvalue weighted by molar-refractivity contribution is 8.27. The first kappa shape index (κ1) is 20.0. The molecule has 152 valence electrons. The molecule has 0 atom stereocenters. The van der Waals surface area contributed by atoms with Crippen molar-refractivity contribution < 1.29 is 13.9 Å². The first-order chi connectivity index (χ1) is 14.4. The molecule has 0 aliphatic carbocycles. The second-order valence-corrected chi connectivity index (χ2v) is 8.08. The number of benzene rings is 2. The van der Waals surface area contributed by atoms with Gasteiger partial charge in [0.2, 0.25) is 5.17 Å². The van der Waals surface area contributed by atoms with E-state index in [0.717, 1.165) is 16.2 Å². The van der Waals surface area contributed by atoms with Crippen LogP contribution in [0.2, 0.25) is 0 Å². The van der Waals surface area contributed by atoms with Crippen molar-refractivity contribution in [3.8, 4) is 5.75 Å². The van der Waals surface area contributed by atoms with Gasteiger partial charge in [0.15, 0.2) is 5.84 Å². The third-order valence-corrected chi connectivity index (χ3v) is 5.68. The summed E-state index contributed by atoms with van der Waals surface area (Å²) in [6.45, 7) is 4.34. The van der Waals surface area contributed by atoms with Crippen LogP contribution in [0.25, 0.3) is 6.08 Å². The number of fused-ring (bicyclic) bond motifs is 1. The van der Waals surface area contributed by atoms with Crippen LogP contribution in [-0.4, -0.2) is 27.0 Å². The SMILES string of the molecule is CC(C)C1=NN2C(=N)/C(=C/c3ccc(OCc4ccc(F)cc4)cc3)C(=O)N=C2S1. The lowest BCUT2D eigenvalue weighted by atomic mass is 10.1. The van der Waals surface area contributed by atoms with Gasteiger partial charge in [-0.05, 0) is 53.2 Å². The van der Waals surface area contributed by atoms with E-state index < -0.39 is 5.91 Å². The predicted octanol–water partition coefficient (Wildman–Crippen LogP) is 4.68. The van der Waals surface area contributed by atoms with Crippen LogP contribution < -0.4 is 4.74 Å². The van der Waals surface area contributed by atoms with Crippen molar-refractivity contribution in [1.29, 1.82) is 5.41 Å². The van der Waals surface area contributed by atoms with Crippen LogP contribution in [0.1, 0.15) is 25.0 Å². The van der Waals surface area contributed by atoms with Gasteiger partial charge < -0.3 is 4.74 Å². The number of amidine groups is 2. The van der Waals surface area contributed by atoms with Crippen LogP contribution in [0, 0.1) is 17.1 Å². The van der Waals surface area contributed by atoms with E-state index in [2.05, 4.69) is 10.1 Å². The third kappa shape index (κ3) is 4.18. The molecule has 1 N–H and O–H groups in total. The van der Waals surface area contributed by atoms with Crippen LogP contribution in [0.4, 0.5) is 4.39 Å². The summed E-state index contributed by atoms with van der Waals surface area (Å²) in [5.41, 5.74) is 1.80. The Kier molecular flexibility index (Phi) is 5.50. The quantitative estimate of drug-likeness (QED) is 0.710. The highest BCUT2D eigenvalue weighted by Gasteiger charge is 2.36. The summed E-state index contributed by atoms with van der Waals surface area (Å²) in [6.07, 6.45) is 1.63. The molecule has 1 amide bonds. The normalized spacial score (nSPS) is 17.3. The molecule has 0 radical (unpaired) electrons. The van der Waals surface area contributed by atoms with Crippen LogP contribution in [0.5, 0.6) is 5.75 Å². The fourth-order valence-electron chi connectivity index (χ4n) is 2.81. The van der Waals surface area contributed by atoms with Crippen LogP contribution in [-0.2, 0) is 11.4 Å². The number of carbonyl (C=O) groups is 1. The molecular formula is C22H19FN4O2S. The summed E-state index contributed by atoms with van der Waals surface area (Å²) in [5, 5.41) is 15.5. The maximum absolute atomic E-state index is 13.0. The molecule has 2 aromatic rings. The smallest absolute Gasteiger partial charge is 0.283 e. The van der Waals surface area contributed by atoms with E-state index in [-0.39, 0.29) is 23.1 Å². The van der Waals surface area contributed by atoms with Crippen molar-refractivity contribution >= 4 is 39.8 Å². The van der Waals surface area contributed by atoms with E-state index >= 15 is 0 Å². The van der Waals surface area contributed by atoms with Crippen LogP contribution >= 0.6 is 11.8 Å². The summed E-state index contributed by atoms with van der Waals surface area (Å²) >= 11 is 1.32. The summed E-state index contributed by atoms with van der Waals surface area (Å²) < 4.78 is 18.7. The van der Waals surface area contributed by atoms with E-state index in [1.165, 1.54) is 28.9 Å². The Hall–Kier alpha value is -3.26. The van der Waals surface area contributed by atoms with E-state index in [0.29, 0.717) is 17.5 Å². The topological polar surface area (TPSA) is 78.1 Å². The zero-order chi connectivity index (χ0) is 21.3. The molecule has 0 spiro atoms. The van der Waals surface area contributed by atoms with E-state index in [1.807, 2.05) is 13.8 Å². The second-order valence-electron chi connectivity index (χ2n) is 7.10. The predicted molar refractivity (Wildman–Crippen MR) is 117 cm³/mol. The molecule has 2 heterocycles. The van der Waals surface area contributed by atoms with Gasteiger partial charge >= 0.3 is 0 Å². The number of hydrogen-bond acceptors (Lipinski definition) is 5. The minimum Gasteiger partial charge on any atom is -0.489 e. The molecule has 2 aliphatic heterocycles. The number of aliphatic imine (C=N–C) groups is 1. The lowest BCUT2D eigenvalue weighted by Gasteiger charge is -2.20. The van der Waals surface area contributed by atoms with Crippen LogP contribution in [0.3, 0.4) is 0 Å². The van der Waals surface area contributed by atoms with Crippen molar-refractivity contribution in [1.82, 2.24) is 5.01 Å². The van der Waals surface area contributed by atoms with Gasteiger partial charge in [-0.25, -0.2) is 4.39 Å². The number of ether oxygens (including phenoxy) is 1. The van der Waals surface area contributed by atoms with E-state index in [9.17, 15) is 9.18 Å². The standard InChI is InChI=1S/C22H19FN4O2S/c1-13(2)21-26-27-19(24)18(20(28)25-22(27)30-21)11-14-5-9-17(10-6-14)29-12-15-3-7-16(23)8-4-15/h3-11,13,24H,12H2,1-2H3/b18-11-,24-19?. The number of halogens is 1. The number of nitrogens with zero attached hydrogens (tertiary/aromatic N) is 3. The Morgan fingerprint density at radius 3 is 2.53 bits per heavy atom. The molecule has 2 aromatic carbocycles. The summed E-state index contributed by atoms with van der Waals surface area (Å²) in [5.74, 6) is 0.129. The molecule has 30 heavy (non-hydrogen) atoms. The van der Waals surface area contributed by atoms with Gasteiger partial charge in [0.25, 0.3) is 5.91 Å². The molecule has 0 saturated carbocycles. The first-order valence-corrected chi connectivity index (χ1v) is 10.2. The van der Waals surface area contributed by atoms with E-state index in [4.69, 9.17) is 10.1 Å². The maximum Gasteiger partial charge on any atom is 0.283 e. The number of carbonyl (C=O) groups excluding carboxylic acids is 1. The number of hydrazone groups is 1. The largest absolute Gasteiger partial charge is 0.489 e. The highest BCUT2D eigenvalue weighted by atomic mass is 32.2. The van der Waals surface area contributed by atoms with Crippen molar-refractivity contribution in [3.05, 3.63) is 71.0 Å². The third-order valence-electron chi connectivity index (χ3n) is 4.47. The Bertz CT molecular complexity index is 1090. The Labute approximate surface area is 177 Å². The van der Waals surface area contributed by atoms with Gasteiger partial charge in [0, 0.05) is 5.92 Å². The lowest BCUT2D eigenvalue weighted by molar-refractivity contribution is -0.114. The fraction of sp³-hybridized carbons (Fsp3) is 0.182. The molecule has 0 aromatic heterocycles. The Morgan fingerprint density at radius 1 is 1.17 bits per heavy atom. The first-order valence-electron chi connectivity index (χ1n) is 9.38. The molecule has 0 fully saturated rings. The van der Waals surface area contributed by atoms with Crippen molar-refractivity contribution in [3.63, 3.8) is 0 Å². The van der Waals surface area contributed by atoms with Crippen molar-refractivity contribution in [2.24, 2.45) is 16.0 Å².